The first kappa shape index (κ1) is 12.7. The highest BCUT2D eigenvalue weighted by Crippen LogP contribution is 2.07. The minimum Gasteiger partial charge on any atom is -0.459 e. The minimum atomic E-state index is -0.559. The predicted octanol–water partition coefficient (Wildman–Crippen LogP) is 1.03. The van der Waals surface area contributed by atoms with E-state index < -0.39 is 17.7 Å². The van der Waals surface area contributed by atoms with Gasteiger partial charge in [0.15, 0.2) is 0 Å². The van der Waals surface area contributed by atoms with Crippen molar-refractivity contribution < 1.29 is 19.1 Å². The predicted molar refractivity (Wildman–Crippen MR) is 50.9 cm³/mol. The van der Waals surface area contributed by atoms with Gasteiger partial charge in [-0.25, -0.2) is 4.79 Å². The number of hydrogen-bond donors (Lipinski definition) is 0. The van der Waals surface area contributed by atoms with Gasteiger partial charge in [-0.15, -0.1) is 0 Å². The molecule has 0 atom stereocenters. The van der Waals surface area contributed by atoms with Crippen LogP contribution in [0.25, 0.3) is 0 Å². The van der Waals surface area contributed by atoms with Crippen LogP contribution in [-0.2, 0) is 14.3 Å². The van der Waals surface area contributed by atoms with Gasteiger partial charge in [0.25, 0.3) is 0 Å². The molecule has 0 unspecified atom stereocenters. The lowest BCUT2D eigenvalue weighted by Crippen LogP contribution is -2.36. The van der Waals surface area contributed by atoms with Crippen LogP contribution in [0.4, 0.5) is 4.79 Å². The molecule has 14 heavy (non-hydrogen) atoms. The van der Waals surface area contributed by atoms with Gasteiger partial charge in [-0.2, -0.15) is 0 Å². The number of carbonyl (C=O) groups is 2. The molecule has 0 N–H and O–H groups in total. The largest absolute Gasteiger partial charge is 0.459 e. The van der Waals surface area contributed by atoms with Gasteiger partial charge < -0.3 is 14.4 Å². The Bertz CT molecular complexity index is 219. The molecule has 0 rings (SSSR count). The maximum atomic E-state index is 11.2. The van der Waals surface area contributed by atoms with E-state index in [1.54, 1.807) is 20.8 Å². The Morgan fingerprint density at radius 1 is 1.29 bits per heavy atom. The zero-order valence-electron chi connectivity index (χ0n) is 9.29. The van der Waals surface area contributed by atoms with Crippen molar-refractivity contribution in [2.24, 2.45) is 0 Å². The zero-order valence-corrected chi connectivity index (χ0v) is 9.29. The van der Waals surface area contributed by atoms with Crippen molar-refractivity contribution >= 4 is 12.1 Å². The molecule has 0 aliphatic carbocycles. The molecule has 0 radical (unpaired) electrons. The highest BCUT2D eigenvalue weighted by molar-refractivity contribution is 5.78. The Balaban J connectivity index is 4.01. The lowest BCUT2D eigenvalue weighted by atomic mass is 10.2. The first-order valence-corrected chi connectivity index (χ1v) is 4.27. The van der Waals surface area contributed by atoms with Crippen LogP contribution < -0.4 is 0 Å². The average Bonchev–Trinajstić information content (AvgIpc) is 1.99. The third kappa shape index (κ3) is 5.40. The molecule has 0 aliphatic rings. The molecule has 82 valence electrons. The van der Waals surface area contributed by atoms with Gasteiger partial charge in [-0.05, 0) is 20.8 Å². The molecule has 0 fully saturated rings. The van der Waals surface area contributed by atoms with Crippen LogP contribution in [0.1, 0.15) is 20.8 Å². The third-order valence-corrected chi connectivity index (χ3v) is 1.27. The van der Waals surface area contributed by atoms with Gasteiger partial charge in [0.05, 0.1) is 7.11 Å². The van der Waals surface area contributed by atoms with E-state index in [-0.39, 0.29) is 6.54 Å². The molecule has 1 amide bonds. The lowest BCUT2D eigenvalue weighted by Gasteiger charge is -2.21. The number of hydrogen-bond acceptors (Lipinski definition) is 4. The van der Waals surface area contributed by atoms with Crippen molar-refractivity contribution in [1.29, 1.82) is 0 Å². The Kier molecular flexibility index (Phi) is 4.40. The number of esters is 1. The zero-order chi connectivity index (χ0) is 11.4. The van der Waals surface area contributed by atoms with Gasteiger partial charge in [-0.3, -0.25) is 4.79 Å². The molecular weight excluding hydrogens is 186 g/mol. The first-order chi connectivity index (χ1) is 6.26. The molecule has 0 saturated heterocycles. The van der Waals surface area contributed by atoms with Crippen LogP contribution in [0.5, 0.6) is 0 Å². The Morgan fingerprint density at radius 3 is 2.14 bits per heavy atom. The monoisotopic (exact) mass is 203 g/mol. The number of amides is 1. The van der Waals surface area contributed by atoms with Crippen LogP contribution in [0.3, 0.4) is 0 Å². The van der Waals surface area contributed by atoms with Crippen LogP contribution in [0.2, 0.25) is 0 Å². The van der Waals surface area contributed by atoms with Gasteiger partial charge in [0.1, 0.15) is 12.1 Å². The fraction of sp³-hybridized carbons (Fsp3) is 0.778. The van der Waals surface area contributed by atoms with E-state index in [2.05, 4.69) is 4.74 Å². The summed E-state index contributed by atoms with van der Waals surface area (Å²) in [5, 5.41) is 0. The maximum Gasteiger partial charge on any atom is 0.409 e. The van der Waals surface area contributed by atoms with Crippen molar-refractivity contribution in [3.05, 3.63) is 0 Å². The highest BCUT2D eigenvalue weighted by Gasteiger charge is 2.19. The number of likely N-dealkylation sites (N-methyl/N-ethyl adjacent to an activating group) is 1. The smallest absolute Gasteiger partial charge is 0.409 e. The fourth-order valence-electron chi connectivity index (χ4n) is 0.788. The Hall–Kier alpha value is -1.26. The molecule has 0 aromatic heterocycles. The highest BCUT2D eigenvalue weighted by atomic mass is 16.6. The van der Waals surface area contributed by atoms with Crippen molar-refractivity contribution in [3.63, 3.8) is 0 Å². The quantitative estimate of drug-likeness (QED) is 0.629. The van der Waals surface area contributed by atoms with Crippen molar-refractivity contribution in [2.45, 2.75) is 26.4 Å². The molecule has 5 heteroatoms. The summed E-state index contributed by atoms with van der Waals surface area (Å²) >= 11 is 0. The summed E-state index contributed by atoms with van der Waals surface area (Å²) in [4.78, 5) is 23.3. The number of methoxy groups -OCH3 is 1. The second kappa shape index (κ2) is 4.83. The van der Waals surface area contributed by atoms with Crippen LogP contribution >= 0.6 is 0 Å². The Labute approximate surface area is 84.0 Å². The second-order valence-electron chi connectivity index (χ2n) is 3.91. The van der Waals surface area contributed by atoms with Crippen molar-refractivity contribution in [2.75, 3.05) is 20.7 Å². The summed E-state index contributed by atoms with van der Waals surface area (Å²) in [6, 6.07) is 0. The molecule has 0 aromatic carbocycles. The fourth-order valence-corrected chi connectivity index (χ4v) is 0.788. The molecule has 0 saturated carbocycles. The summed E-state index contributed by atoms with van der Waals surface area (Å²) < 4.78 is 9.44. The van der Waals surface area contributed by atoms with Crippen LogP contribution in [-0.4, -0.2) is 43.3 Å². The molecule has 0 aliphatic heterocycles. The number of nitrogens with zero attached hydrogens (tertiary/aromatic N) is 1. The normalized spacial score (nSPS) is 10.6. The number of carbonyl (C=O) groups excluding carboxylic acids is 2. The van der Waals surface area contributed by atoms with E-state index in [4.69, 9.17) is 4.74 Å². The van der Waals surface area contributed by atoms with E-state index >= 15 is 0 Å². The lowest BCUT2D eigenvalue weighted by molar-refractivity contribution is -0.155. The summed E-state index contributed by atoms with van der Waals surface area (Å²) in [6.07, 6.45) is -0.559. The van der Waals surface area contributed by atoms with Crippen molar-refractivity contribution in [3.8, 4) is 0 Å². The van der Waals surface area contributed by atoms with E-state index in [9.17, 15) is 9.59 Å². The van der Waals surface area contributed by atoms with E-state index in [0.29, 0.717) is 0 Å². The third-order valence-electron chi connectivity index (χ3n) is 1.27. The SMILES string of the molecule is COC(=O)N(C)CC(=O)OC(C)(C)C. The molecule has 0 bridgehead atoms. The van der Waals surface area contributed by atoms with Gasteiger partial charge in [0, 0.05) is 7.05 Å². The molecule has 0 aromatic rings. The average molecular weight is 203 g/mol. The van der Waals surface area contributed by atoms with Gasteiger partial charge >= 0.3 is 12.1 Å². The first-order valence-electron chi connectivity index (χ1n) is 4.27. The summed E-state index contributed by atoms with van der Waals surface area (Å²) in [7, 11) is 2.73. The Morgan fingerprint density at radius 2 is 1.79 bits per heavy atom. The van der Waals surface area contributed by atoms with Gasteiger partial charge in [-0.1, -0.05) is 0 Å². The molecular formula is C9H17NO4. The number of ether oxygens (including phenoxy) is 2. The standard InChI is InChI=1S/C9H17NO4/c1-9(2,3)14-7(11)6-10(4)8(12)13-5/h6H2,1-5H3. The van der Waals surface area contributed by atoms with E-state index in [1.165, 1.54) is 14.2 Å². The van der Waals surface area contributed by atoms with Crippen molar-refractivity contribution in [1.82, 2.24) is 4.90 Å². The van der Waals surface area contributed by atoms with Gasteiger partial charge in [0.2, 0.25) is 0 Å². The second-order valence-corrected chi connectivity index (χ2v) is 3.91. The minimum absolute atomic E-state index is 0.107. The molecule has 0 spiro atoms. The maximum absolute atomic E-state index is 11.2. The van der Waals surface area contributed by atoms with E-state index in [1.807, 2.05) is 0 Å². The van der Waals surface area contributed by atoms with Crippen LogP contribution in [0, 0.1) is 0 Å². The summed E-state index contributed by atoms with van der Waals surface area (Å²) in [5.74, 6) is -0.453. The molecule has 0 heterocycles. The topological polar surface area (TPSA) is 55.8 Å². The summed E-state index contributed by atoms with van der Waals surface area (Å²) in [5.41, 5.74) is -0.534. The molecule has 5 nitrogen and oxygen atoms in total. The number of rotatable bonds is 2. The summed E-state index contributed by atoms with van der Waals surface area (Å²) in [6.45, 7) is 5.19. The van der Waals surface area contributed by atoms with Crippen LogP contribution in [0.15, 0.2) is 0 Å². The van der Waals surface area contributed by atoms with E-state index in [0.717, 1.165) is 4.90 Å².